The van der Waals surface area contributed by atoms with E-state index in [9.17, 15) is 9.18 Å². The Labute approximate surface area is 147 Å². The molecule has 25 heavy (non-hydrogen) atoms. The van der Waals surface area contributed by atoms with Gasteiger partial charge >= 0.3 is 6.09 Å². The second-order valence-electron chi connectivity index (χ2n) is 6.55. The molecule has 6 heteroatoms. The van der Waals surface area contributed by atoms with E-state index in [2.05, 4.69) is 10.3 Å². The average molecular weight is 346 g/mol. The van der Waals surface area contributed by atoms with Crippen LogP contribution in [-0.2, 0) is 17.6 Å². The SMILES string of the molecule is CNC(=O)OC(C)(C)C.Fc1ccc2c(c1)CCc1ncccc1O2. The Kier molecular flexibility index (Phi) is 5.96. The molecule has 0 atom stereocenters. The Morgan fingerprint density at radius 2 is 2.00 bits per heavy atom. The zero-order valence-electron chi connectivity index (χ0n) is 14.9. The predicted molar refractivity (Wildman–Crippen MR) is 93.4 cm³/mol. The number of fused-ring (bicyclic) bond motifs is 2. The normalized spacial score (nSPS) is 12.4. The summed E-state index contributed by atoms with van der Waals surface area (Å²) in [6.45, 7) is 5.46. The molecule has 0 aliphatic carbocycles. The van der Waals surface area contributed by atoms with Crippen LogP contribution in [0, 0.1) is 5.82 Å². The summed E-state index contributed by atoms with van der Waals surface area (Å²) < 4.78 is 23.6. The third-order valence-corrected chi connectivity index (χ3v) is 3.33. The maximum Gasteiger partial charge on any atom is 0.407 e. The second kappa shape index (κ2) is 7.96. The standard InChI is InChI=1S/C13H10FNO.C6H13NO2/c14-10-4-6-12-9(8-10)3-5-11-13(16-12)2-1-7-15-11;1-6(2,3)9-5(8)7-4/h1-2,4,6-8H,3,5H2;1-4H3,(H,7,8). The molecule has 0 radical (unpaired) electrons. The van der Waals surface area contributed by atoms with E-state index in [0.717, 1.165) is 35.6 Å². The molecule has 1 aliphatic heterocycles. The van der Waals surface area contributed by atoms with Crippen molar-refractivity contribution in [2.75, 3.05) is 7.05 Å². The van der Waals surface area contributed by atoms with E-state index in [0.29, 0.717) is 0 Å². The number of aryl methyl sites for hydroxylation is 2. The lowest BCUT2D eigenvalue weighted by molar-refractivity contribution is 0.0541. The number of amides is 1. The van der Waals surface area contributed by atoms with Crippen LogP contribution in [0.1, 0.15) is 32.0 Å². The molecule has 134 valence electrons. The van der Waals surface area contributed by atoms with Crippen molar-refractivity contribution in [2.45, 2.75) is 39.2 Å². The molecule has 2 aromatic rings. The first-order valence-electron chi connectivity index (χ1n) is 8.09. The van der Waals surface area contributed by atoms with E-state index < -0.39 is 0 Å². The highest BCUT2D eigenvalue weighted by Crippen LogP contribution is 2.32. The third-order valence-electron chi connectivity index (χ3n) is 3.33. The Hall–Kier alpha value is -2.63. The fourth-order valence-electron chi connectivity index (χ4n) is 2.25. The van der Waals surface area contributed by atoms with Crippen LogP contribution in [0.3, 0.4) is 0 Å². The Bertz CT molecular complexity index is 742. The summed E-state index contributed by atoms with van der Waals surface area (Å²) in [5.41, 5.74) is 1.44. The first-order chi connectivity index (χ1) is 11.8. The fraction of sp³-hybridized carbons (Fsp3) is 0.368. The molecule has 1 amide bonds. The van der Waals surface area contributed by atoms with Crippen LogP contribution in [0.5, 0.6) is 11.5 Å². The smallest absolute Gasteiger partial charge is 0.407 e. The molecule has 1 aromatic heterocycles. The number of hydrogen-bond donors (Lipinski definition) is 1. The molecule has 2 heterocycles. The van der Waals surface area contributed by atoms with Crippen LogP contribution in [0.15, 0.2) is 36.5 Å². The van der Waals surface area contributed by atoms with Crippen LogP contribution in [-0.4, -0.2) is 23.7 Å². The van der Waals surface area contributed by atoms with Crippen molar-refractivity contribution in [3.63, 3.8) is 0 Å². The maximum absolute atomic E-state index is 13.1. The number of pyridine rings is 1. The Morgan fingerprint density at radius 3 is 2.64 bits per heavy atom. The number of carbonyl (C=O) groups is 1. The molecule has 0 unspecified atom stereocenters. The molecule has 1 aromatic carbocycles. The van der Waals surface area contributed by atoms with Gasteiger partial charge in [-0.05, 0) is 69.5 Å². The van der Waals surface area contributed by atoms with Gasteiger partial charge in [-0.15, -0.1) is 0 Å². The van der Waals surface area contributed by atoms with E-state index in [1.54, 1.807) is 12.3 Å². The van der Waals surface area contributed by atoms with Gasteiger partial charge in [0.25, 0.3) is 0 Å². The quantitative estimate of drug-likeness (QED) is 0.774. The van der Waals surface area contributed by atoms with Gasteiger partial charge in [-0.1, -0.05) is 0 Å². The second-order valence-corrected chi connectivity index (χ2v) is 6.55. The molecule has 0 bridgehead atoms. The number of halogens is 1. The van der Waals surface area contributed by atoms with Crippen molar-refractivity contribution < 1.29 is 18.7 Å². The molecule has 0 spiro atoms. The number of hydrogen-bond acceptors (Lipinski definition) is 4. The molecule has 5 nitrogen and oxygen atoms in total. The fourth-order valence-corrected chi connectivity index (χ4v) is 2.25. The third kappa shape index (κ3) is 5.74. The lowest BCUT2D eigenvalue weighted by Crippen LogP contribution is -2.30. The monoisotopic (exact) mass is 346 g/mol. The summed E-state index contributed by atoms with van der Waals surface area (Å²) in [5, 5.41) is 2.36. The van der Waals surface area contributed by atoms with Crippen molar-refractivity contribution in [1.29, 1.82) is 0 Å². The lowest BCUT2D eigenvalue weighted by Gasteiger charge is -2.18. The number of ether oxygens (including phenoxy) is 2. The van der Waals surface area contributed by atoms with Gasteiger partial charge in [-0.3, -0.25) is 4.98 Å². The molecule has 0 fully saturated rings. The highest BCUT2D eigenvalue weighted by atomic mass is 19.1. The number of carbonyl (C=O) groups excluding carboxylic acids is 1. The van der Waals surface area contributed by atoms with Gasteiger partial charge in [0.1, 0.15) is 22.9 Å². The average Bonchev–Trinajstić information content (AvgIpc) is 2.73. The Balaban J connectivity index is 0.000000217. The number of nitrogens with one attached hydrogen (secondary N) is 1. The highest BCUT2D eigenvalue weighted by molar-refractivity contribution is 5.67. The van der Waals surface area contributed by atoms with Crippen molar-refractivity contribution in [2.24, 2.45) is 0 Å². The number of alkyl carbamates (subject to hydrolysis) is 1. The molecule has 0 saturated carbocycles. The summed E-state index contributed by atoms with van der Waals surface area (Å²) in [6, 6.07) is 8.35. The molecule has 3 rings (SSSR count). The number of benzene rings is 1. The van der Waals surface area contributed by atoms with Gasteiger partial charge in [0.15, 0.2) is 0 Å². The molecule has 1 N–H and O–H groups in total. The number of nitrogens with zero attached hydrogens (tertiary/aromatic N) is 1. The topological polar surface area (TPSA) is 60.5 Å². The van der Waals surface area contributed by atoms with Crippen molar-refractivity contribution in [1.82, 2.24) is 10.3 Å². The minimum atomic E-state index is -0.389. The van der Waals surface area contributed by atoms with E-state index in [1.165, 1.54) is 19.2 Å². The van der Waals surface area contributed by atoms with E-state index in [4.69, 9.17) is 9.47 Å². The summed E-state index contributed by atoms with van der Waals surface area (Å²) in [6.07, 6.45) is 2.91. The van der Waals surface area contributed by atoms with Crippen molar-refractivity contribution in [3.05, 3.63) is 53.6 Å². The molecule has 1 aliphatic rings. The van der Waals surface area contributed by atoms with E-state index in [1.807, 2.05) is 32.9 Å². The van der Waals surface area contributed by atoms with Crippen LogP contribution in [0.2, 0.25) is 0 Å². The first-order valence-corrected chi connectivity index (χ1v) is 8.09. The van der Waals surface area contributed by atoms with E-state index in [-0.39, 0.29) is 17.5 Å². The first kappa shape index (κ1) is 18.7. The highest BCUT2D eigenvalue weighted by Gasteiger charge is 2.15. The number of aromatic nitrogens is 1. The molecular weight excluding hydrogens is 323 g/mol. The van der Waals surface area contributed by atoms with Gasteiger partial charge < -0.3 is 14.8 Å². The zero-order chi connectivity index (χ0) is 18.4. The molecule has 0 saturated heterocycles. The van der Waals surface area contributed by atoms with Gasteiger partial charge in [-0.25, -0.2) is 9.18 Å². The maximum atomic E-state index is 13.1. The van der Waals surface area contributed by atoms with Crippen molar-refractivity contribution in [3.8, 4) is 11.5 Å². The largest absolute Gasteiger partial charge is 0.455 e. The van der Waals surface area contributed by atoms with Gasteiger partial charge in [0.05, 0.1) is 5.69 Å². The number of rotatable bonds is 0. The summed E-state index contributed by atoms with van der Waals surface area (Å²) in [7, 11) is 1.54. The Morgan fingerprint density at radius 1 is 1.24 bits per heavy atom. The molecular formula is C19H23FN2O3. The van der Waals surface area contributed by atoms with Crippen LogP contribution in [0.4, 0.5) is 9.18 Å². The van der Waals surface area contributed by atoms with Crippen LogP contribution >= 0.6 is 0 Å². The predicted octanol–water partition coefficient (Wildman–Crippen LogP) is 4.25. The zero-order valence-corrected chi connectivity index (χ0v) is 14.9. The van der Waals surface area contributed by atoms with Gasteiger partial charge in [0, 0.05) is 13.2 Å². The van der Waals surface area contributed by atoms with Gasteiger partial charge in [0.2, 0.25) is 0 Å². The summed E-state index contributed by atoms with van der Waals surface area (Å²) in [5.74, 6) is 1.28. The van der Waals surface area contributed by atoms with Gasteiger partial charge in [-0.2, -0.15) is 0 Å². The summed E-state index contributed by atoms with van der Waals surface area (Å²) in [4.78, 5) is 14.8. The van der Waals surface area contributed by atoms with Crippen LogP contribution in [0.25, 0.3) is 0 Å². The minimum absolute atomic E-state index is 0.221. The lowest BCUT2D eigenvalue weighted by atomic mass is 10.1. The van der Waals surface area contributed by atoms with Crippen LogP contribution < -0.4 is 10.1 Å². The van der Waals surface area contributed by atoms with E-state index >= 15 is 0 Å². The minimum Gasteiger partial charge on any atom is -0.455 e. The summed E-state index contributed by atoms with van der Waals surface area (Å²) >= 11 is 0. The van der Waals surface area contributed by atoms with Crippen molar-refractivity contribution >= 4 is 6.09 Å².